The van der Waals surface area contributed by atoms with E-state index < -0.39 is 29.7 Å². The van der Waals surface area contributed by atoms with Gasteiger partial charge in [-0.1, -0.05) is 6.58 Å². The summed E-state index contributed by atoms with van der Waals surface area (Å²) in [6.45, 7) is 3.60. The van der Waals surface area contributed by atoms with Crippen molar-refractivity contribution in [3.05, 3.63) is 12.3 Å². The number of rotatable bonds is 0. The van der Waals surface area contributed by atoms with Gasteiger partial charge in [-0.2, -0.15) is 0 Å². The Bertz CT molecular complexity index is 424. The Kier molecular flexibility index (Phi) is 1.75. The minimum atomic E-state index is -0.585. The van der Waals surface area contributed by atoms with E-state index in [1.54, 1.807) is 0 Å². The summed E-state index contributed by atoms with van der Waals surface area (Å²) in [6.07, 6.45) is 0.870. The first kappa shape index (κ1) is 9.57. The molecular formula is C11H10O5. The number of hydrogen-bond donors (Lipinski definition) is 0. The van der Waals surface area contributed by atoms with Gasteiger partial charge in [0.05, 0.1) is 17.8 Å². The molecule has 3 aliphatic rings. The Hall–Kier alpha value is -1.65. The summed E-state index contributed by atoms with van der Waals surface area (Å²) in [5, 5.41) is 0. The molecule has 0 aromatic rings. The third-order valence-electron chi connectivity index (χ3n) is 3.71. The van der Waals surface area contributed by atoms with Crippen LogP contribution in [0.2, 0.25) is 0 Å². The lowest BCUT2D eigenvalue weighted by atomic mass is 9.83. The van der Waals surface area contributed by atoms with Gasteiger partial charge in [-0.15, -0.1) is 0 Å². The third kappa shape index (κ3) is 1.08. The molecule has 3 fully saturated rings. The van der Waals surface area contributed by atoms with E-state index in [1.165, 1.54) is 0 Å². The highest BCUT2D eigenvalue weighted by atomic mass is 16.6. The average Bonchev–Trinajstić information content (AvgIpc) is 2.52. The number of allylic oxidation sites excluding steroid dienone is 1. The summed E-state index contributed by atoms with van der Waals surface area (Å²) in [5.41, 5.74) is 0. The van der Waals surface area contributed by atoms with Crippen LogP contribution in [0.25, 0.3) is 0 Å². The van der Waals surface area contributed by atoms with Crippen LogP contribution in [0.1, 0.15) is 12.8 Å². The van der Waals surface area contributed by atoms with Gasteiger partial charge in [0.2, 0.25) is 0 Å². The van der Waals surface area contributed by atoms with Gasteiger partial charge in [-0.05, 0) is 12.3 Å². The molecule has 0 radical (unpaired) electrons. The predicted octanol–water partition coefficient (Wildman–Crippen LogP) is 0.399. The van der Waals surface area contributed by atoms with Crippen LogP contribution in [0, 0.1) is 23.7 Å². The van der Waals surface area contributed by atoms with Crippen molar-refractivity contribution in [3.63, 3.8) is 0 Å². The third-order valence-corrected chi connectivity index (χ3v) is 3.71. The molecule has 2 heterocycles. The molecule has 0 aromatic heterocycles. The number of cyclic esters (lactones) is 3. The lowest BCUT2D eigenvalue weighted by Gasteiger charge is -2.27. The summed E-state index contributed by atoms with van der Waals surface area (Å²) >= 11 is 0. The SMILES string of the molecule is C=C1CC2C3CC(C(=O)OC3=O)C2C(=O)O1. The lowest BCUT2D eigenvalue weighted by Crippen LogP contribution is -2.34. The minimum absolute atomic E-state index is 0.169. The van der Waals surface area contributed by atoms with Gasteiger partial charge in [0.1, 0.15) is 5.76 Å². The van der Waals surface area contributed by atoms with Crippen molar-refractivity contribution in [1.29, 1.82) is 0 Å². The van der Waals surface area contributed by atoms with E-state index >= 15 is 0 Å². The zero-order chi connectivity index (χ0) is 11.4. The monoisotopic (exact) mass is 222 g/mol. The molecule has 5 nitrogen and oxygen atoms in total. The molecule has 4 unspecified atom stereocenters. The largest absolute Gasteiger partial charge is 0.431 e. The maximum Gasteiger partial charge on any atom is 0.317 e. The Balaban J connectivity index is 2.02. The summed E-state index contributed by atoms with van der Waals surface area (Å²) in [7, 11) is 0. The molecule has 1 saturated carbocycles. The van der Waals surface area contributed by atoms with Crippen molar-refractivity contribution in [1.82, 2.24) is 0 Å². The van der Waals surface area contributed by atoms with Crippen molar-refractivity contribution in [2.75, 3.05) is 0 Å². The van der Waals surface area contributed by atoms with E-state index in [0.717, 1.165) is 0 Å². The molecule has 1 aliphatic carbocycles. The smallest absolute Gasteiger partial charge is 0.317 e. The van der Waals surface area contributed by atoms with Crippen molar-refractivity contribution in [3.8, 4) is 0 Å². The van der Waals surface area contributed by atoms with E-state index in [2.05, 4.69) is 11.3 Å². The van der Waals surface area contributed by atoms with Crippen molar-refractivity contribution in [2.45, 2.75) is 12.8 Å². The van der Waals surface area contributed by atoms with Crippen molar-refractivity contribution < 1.29 is 23.9 Å². The number of hydrogen-bond acceptors (Lipinski definition) is 5. The molecule has 0 aromatic carbocycles. The minimum Gasteiger partial charge on any atom is -0.431 e. The zero-order valence-corrected chi connectivity index (χ0v) is 8.47. The van der Waals surface area contributed by atoms with Crippen LogP contribution >= 0.6 is 0 Å². The van der Waals surface area contributed by atoms with Crippen LogP contribution in [0.3, 0.4) is 0 Å². The second-order valence-corrected chi connectivity index (χ2v) is 4.54. The molecule has 0 amide bonds. The second kappa shape index (κ2) is 2.93. The Morgan fingerprint density at radius 1 is 1.00 bits per heavy atom. The topological polar surface area (TPSA) is 69.7 Å². The molecule has 2 bridgehead atoms. The second-order valence-electron chi connectivity index (χ2n) is 4.54. The van der Waals surface area contributed by atoms with E-state index in [1.807, 2.05) is 0 Å². The van der Waals surface area contributed by atoms with E-state index in [0.29, 0.717) is 18.6 Å². The molecule has 3 rings (SSSR count). The van der Waals surface area contributed by atoms with Gasteiger partial charge in [0.15, 0.2) is 0 Å². The number of carbonyl (C=O) groups excluding carboxylic acids is 3. The lowest BCUT2D eigenvalue weighted by molar-refractivity contribution is -0.170. The van der Waals surface area contributed by atoms with E-state index in [9.17, 15) is 14.4 Å². The van der Waals surface area contributed by atoms with Crippen molar-refractivity contribution >= 4 is 17.9 Å². The van der Waals surface area contributed by atoms with Crippen LogP contribution in [-0.4, -0.2) is 17.9 Å². The van der Waals surface area contributed by atoms with Crippen LogP contribution < -0.4 is 0 Å². The summed E-state index contributed by atoms with van der Waals surface area (Å²) in [5.74, 6) is -2.70. The summed E-state index contributed by atoms with van der Waals surface area (Å²) < 4.78 is 9.57. The zero-order valence-electron chi connectivity index (χ0n) is 8.47. The molecule has 5 heteroatoms. The molecule has 4 atom stereocenters. The Morgan fingerprint density at radius 2 is 1.69 bits per heavy atom. The fourth-order valence-corrected chi connectivity index (χ4v) is 3.03. The maximum atomic E-state index is 11.7. The number of ether oxygens (including phenoxy) is 2. The molecule has 84 valence electrons. The van der Waals surface area contributed by atoms with Gasteiger partial charge in [-0.25, -0.2) is 0 Å². The van der Waals surface area contributed by atoms with E-state index in [-0.39, 0.29) is 11.8 Å². The first-order valence-corrected chi connectivity index (χ1v) is 5.23. The molecule has 2 aliphatic heterocycles. The molecule has 0 N–H and O–H groups in total. The van der Waals surface area contributed by atoms with Crippen molar-refractivity contribution in [2.24, 2.45) is 23.7 Å². The maximum absolute atomic E-state index is 11.7. The average molecular weight is 222 g/mol. The fourth-order valence-electron chi connectivity index (χ4n) is 3.03. The van der Waals surface area contributed by atoms with Gasteiger partial charge >= 0.3 is 17.9 Å². The quantitative estimate of drug-likeness (QED) is 0.438. The Labute approximate surface area is 91.4 Å². The first-order valence-electron chi connectivity index (χ1n) is 5.23. The molecular weight excluding hydrogens is 212 g/mol. The normalized spacial score (nSPS) is 41.5. The summed E-state index contributed by atoms with van der Waals surface area (Å²) in [4.78, 5) is 34.7. The van der Waals surface area contributed by atoms with Crippen LogP contribution in [0.5, 0.6) is 0 Å². The standard InChI is InChI=1S/C11H10O5/c1-4-2-5-6-3-7(8(5)11(14)15-4)10(13)16-9(6)12/h5-8H,1-3H2. The van der Waals surface area contributed by atoms with Crippen LogP contribution in [-0.2, 0) is 23.9 Å². The summed E-state index contributed by atoms with van der Waals surface area (Å²) in [6, 6.07) is 0. The van der Waals surface area contributed by atoms with Gasteiger partial charge in [-0.3, -0.25) is 14.4 Å². The highest BCUT2D eigenvalue weighted by Crippen LogP contribution is 2.51. The fraction of sp³-hybridized carbons (Fsp3) is 0.545. The van der Waals surface area contributed by atoms with Gasteiger partial charge < -0.3 is 9.47 Å². The van der Waals surface area contributed by atoms with Crippen LogP contribution in [0.4, 0.5) is 0 Å². The Morgan fingerprint density at radius 3 is 2.44 bits per heavy atom. The first-order chi connectivity index (χ1) is 7.58. The highest BCUT2D eigenvalue weighted by molar-refractivity contribution is 5.96. The molecule has 2 saturated heterocycles. The van der Waals surface area contributed by atoms with Gasteiger partial charge in [0.25, 0.3) is 0 Å². The number of carbonyl (C=O) groups is 3. The van der Waals surface area contributed by atoms with E-state index in [4.69, 9.17) is 4.74 Å². The number of esters is 3. The molecule has 16 heavy (non-hydrogen) atoms. The highest BCUT2D eigenvalue weighted by Gasteiger charge is 2.59. The van der Waals surface area contributed by atoms with Gasteiger partial charge in [0, 0.05) is 6.42 Å². The number of fused-ring (bicyclic) bond motifs is 5. The van der Waals surface area contributed by atoms with Crippen LogP contribution in [0.15, 0.2) is 12.3 Å². The predicted molar refractivity (Wildman–Crippen MR) is 49.5 cm³/mol. The molecule has 0 spiro atoms.